The molecule has 2 nitrogen and oxygen atoms in total. The zero-order chi connectivity index (χ0) is 15.4. The number of benzene rings is 2. The Bertz CT molecular complexity index is 628. The third kappa shape index (κ3) is 4.73. The van der Waals surface area contributed by atoms with E-state index in [1.807, 2.05) is 24.3 Å². The van der Waals surface area contributed by atoms with Gasteiger partial charge in [-0.25, -0.2) is 0 Å². The molecule has 0 fully saturated rings. The molecule has 0 saturated carbocycles. The third-order valence-electron chi connectivity index (χ3n) is 3.07. The van der Waals surface area contributed by atoms with Crippen LogP contribution in [0.3, 0.4) is 0 Å². The summed E-state index contributed by atoms with van der Waals surface area (Å²) in [5.41, 5.74) is 2.36. The monoisotopic (exact) mass is 367 g/mol. The highest BCUT2D eigenvalue weighted by atomic mass is 79.9. The van der Waals surface area contributed by atoms with Crippen LogP contribution in [0.1, 0.15) is 25.0 Å². The first-order valence-electron chi connectivity index (χ1n) is 6.91. The van der Waals surface area contributed by atoms with Crippen LogP contribution in [0.2, 0.25) is 5.02 Å². The molecule has 0 saturated heterocycles. The minimum Gasteiger partial charge on any atom is -0.456 e. The summed E-state index contributed by atoms with van der Waals surface area (Å²) in [6.07, 6.45) is 0. The van der Waals surface area contributed by atoms with Crippen molar-refractivity contribution in [1.82, 2.24) is 5.32 Å². The van der Waals surface area contributed by atoms with Gasteiger partial charge in [0, 0.05) is 17.6 Å². The largest absolute Gasteiger partial charge is 0.456 e. The van der Waals surface area contributed by atoms with Gasteiger partial charge in [-0.2, -0.15) is 0 Å². The van der Waals surface area contributed by atoms with Gasteiger partial charge < -0.3 is 10.1 Å². The van der Waals surface area contributed by atoms with Gasteiger partial charge in [0.05, 0.1) is 4.47 Å². The lowest BCUT2D eigenvalue weighted by Crippen LogP contribution is -2.21. The molecule has 0 bridgehead atoms. The van der Waals surface area contributed by atoms with Crippen LogP contribution in [-0.2, 0) is 6.54 Å². The Balaban J connectivity index is 2.13. The summed E-state index contributed by atoms with van der Waals surface area (Å²) in [5, 5.41) is 4.09. The predicted molar refractivity (Wildman–Crippen MR) is 92.4 cm³/mol. The van der Waals surface area contributed by atoms with E-state index in [1.165, 1.54) is 5.56 Å². The van der Waals surface area contributed by atoms with Gasteiger partial charge in [-0.1, -0.05) is 37.6 Å². The quantitative estimate of drug-likeness (QED) is 0.730. The molecule has 0 radical (unpaired) electrons. The lowest BCUT2D eigenvalue weighted by atomic mass is 10.1. The van der Waals surface area contributed by atoms with Crippen molar-refractivity contribution < 1.29 is 4.74 Å². The molecule has 0 aliphatic heterocycles. The van der Waals surface area contributed by atoms with Gasteiger partial charge >= 0.3 is 0 Å². The van der Waals surface area contributed by atoms with Crippen molar-refractivity contribution in [2.45, 2.75) is 33.4 Å². The summed E-state index contributed by atoms with van der Waals surface area (Å²) in [5.74, 6) is 1.61. The van der Waals surface area contributed by atoms with Crippen LogP contribution in [0, 0.1) is 6.92 Å². The molecule has 21 heavy (non-hydrogen) atoms. The highest BCUT2D eigenvalue weighted by molar-refractivity contribution is 9.10. The van der Waals surface area contributed by atoms with E-state index in [0.717, 1.165) is 28.1 Å². The average Bonchev–Trinajstić information content (AvgIpc) is 2.42. The van der Waals surface area contributed by atoms with Crippen LogP contribution in [0.15, 0.2) is 40.9 Å². The minimum absolute atomic E-state index is 0.478. The number of halogens is 2. The van der Waals surface area contributed by atoms with E-state index in [-0.39, 0.29) is 0 Å². The van der Waals surface area contributed by atoms with E-state index in [1.54, 1.807) is 0 Å². The molecule has 0 aromatic heterocycles. The lowest BCUT2D eigenvalue weighted by molar-refractivity contribution is 0.475. The Kier molecular flexibility index (Phi) is 5.68. The number of hydrogen-bond acceptors (Lipinski definition) is 2. The molecule has 0 heterocycles. The third-order valence-corrected chi connectivity index (χ3v) is 3.92. The fraction of sp³-hybridized carbons (Fsp3) is 0.294. The fourth-order valence-corrected chi connectivity index (χ4v) is 2.70. The molecule has 0 atom stereocenters. The lowest BCUT2D eigenvalue weighted by Gasteiger charge is -2.13. The average molecular weight is 369 g/mol. The van der Waals surface area contributed by atoms with Gasteiger partial charge in [0.15, 0.2) is 0 Å². The summed E-state index contributed by atoms with van der Waals surface area (Å²) in [6.45, 7) is 7.20. The molecule has 0 unspecified atom stereocenters. The van der Waals surface area contributed by atoms with E-state index >= 15 is 0 Å². The van der Waals surface area contributed by atoms with Crippen LogP contribution in [-0.4, -0.2) is 6.04 Å². The first-order chi connectivity index (χ1) is 9.95. The van der Waals surface area contributed by atoms with Gasteiger partial charge in [-0.15, -0.1) is 0 Å². The minimum atomic E-state index is 0.478. The van der Waals surface area contributed by atoms with Crippen LogP contribution in [0.5, 0.6) is 11.5 Å². The summed E-state index contributed by atoms with van der Waals surface area (Å²) < 4.78 is 6.80. The van der Waals surface area contributed by atoms with Crippen LogP contribution in [0.4, 0.5) is 0 Å². The summed E-state index contributed by atoms with van der Waals surface area (Å²) in [6, 6.07) is 12.2. The van der Waals surface area contributed by atoms with E-state index in [0.29, 0.717) is 11.1 Å². The standard InChI is InChI=1S/C17H19BrClNO/c1-11(2)20-10-13-4-6-16(12(3)8-13)21-17-7-5-14(19)9-15(17)18/h4-9,11,20H,10H2,1-3H3. The van der Waals surface area contributed by atoms with E-state index in [2.05, 4.69) is 54.2 Å². The van der Waals surface area contributed by atoms with Crippen molar-refractivity contribution >= 4 is 27.5 Å². The number of hydrogen-bond donors (Lipinski definition) is 1. The molecule has 0 spiro atoms. The van der Waals surface area contributed by atoms with Crippen molar-refractivity contribution in [2.75, 3.05) is 0 Å². The topological polar surface area (TPSA) is 21.3 Å². The Labute approximate surface area is 139 Å². The molecular weight excluding hydrogens is 350 g/mol. The highest BCUT2D eigenvalue weighted by Crippen LogP contribution is 2.33. The Morgan fingerprint density at radius 1 is 1.14 bits per heavy atom. The molecule has 1 N–H and O–H groups in total. The highest BCUT2D eigenvalue weighted by Gasteiger charge is 2.07. The van der Waals surface area contributed by atoms with E-state index < -0.39 is 0 Å². The maximum atomic E-state index is 5.95. The molecule has 4 heteroatoms. The Hall–Kier alpha value is -1.03. The summed E-state index contributed by atoms with van der Waals surface area (Å²) >= 11 is 9.40. The first kappa shape index (κ1) is 16.3. The molecule has 0 aliphatic rings. The summed E-state index contributed by atoms with van der Waals surface area (Å²) in [4.78, 5) is 0. The zero-order valence-corrected chi connectivity index (χ0v) is 14.8. The molecule has 0 amide bonds. The number of nitrogens with one attached hydrogen (secondary N) is 1. The van der Waals surface area contributed by atoms with Gasteiger partial charge in [0.2, 0.25) is 0 Å². The van der Waals surface area contributed by atoms with Crippen molar-refractivity contribution in [3.8, 4) is 11.5 Å². The number of rotatable bonds is 5. The van der Waals surface area contributed by atoms with Crippen molar-refractivity contribution in [2.24, 2.45) is 0 Å². The molecule has 0 aliphatic carbocycles. The fourth-order valence-electron chi connectivity index (χ4n) is 1.93. The van der Waals surface area contributed by atoms with Crippen molar-refractivity contribution in [1.29, 1.82) is 0 Å². The first-order valence-corrected chi connectivity index (χ1v) is 8.08. The second kappa shape index (κ2) is 7.30. The molecule has 2 aromatic rings. The molecule has 2 rings (SSSR count). The van der Waals surface area contributed by atoms with Crippen LogP contribution < -0.4 is 10.1 Å². The maximum Gasteiger partial charge on any atom is 0.141 e. The van der Waals surface area contributed by atoms with Crippen molar-refractivity contribution in [3.63, 3.8) is 0 Å². The van der Waals surface area contributed by atoms with Gasteiger partial charge in [0.1, 0.15) is 11.5 Å². The second-order valence-corrected chi connectivity index (χ2v) is 6.60. The molecular formula is C17H19BrClNO. The zero-order valence-electron chi connectivity index (χ0n) is 12.4. The van der Waals surface area contributed by atoms with Gasteiger partial charge in [-0.3, -0.25) is 0 Å². The van der Waals surface area contributed by atoms with E-state index in [4.69, 9.17) is 16.3 Å². The maximum absolute atomic E-state index is 5.95. The van der Waals surface area contributed by atoms with Gasteiger partial charge in [-0.05, 0) is 58.2 Å². The Morgan fingerprint density at radius 3 is 2.48 bits per heavy atom. The SMILES string of the molecule is Cc1cc(CNC(C)C)ccc1Oc1ccc(Cl)cc1Br. The normalized spacial score (nSPS) is 11.0. The number of ether oxygens (including phenoxy) is 1. The number of aryl methyl sites for hydroxylation is 1. The Morgan fingerprint density at radius 2 is 1.86 bits per heavy atom. The second-order valence-electron chi connectivity index (χ2n) is 5.31. The molecule has 2 aromatic carbocycles. The van der Waals surface area contributed by atoms with Crippen LogP contribution >= 0.6 is 27.5 Å². The van der Waals surface area contributed by atoms with Crippen LogP contribution in [0.25, 0.3) is 0 Å². The van der Waals surface area contributed by atoms with Gasteiger partial charge in [0.25, 0.3) is 0 Å². The smallest absolute Gasteiger partial charge is 0.141 e. The summed E-state index contributed by atoms with van der Waals surface area (Å²) in [7, 11) is 0. The molecule has 112 valence electrons. The van der Waals surface area contributed by atoms with E-state index in [9.17, 15) is 0 Å². The predicted octanol–water partition coefficient (Wildman–Crippen LogP) is 5.70. The van der Waals surface area contributed by atoms with Crippen molar-refractivity contribution in [3.05, 3.63) is 57.0 Å².